The van der Waals surface area contributed by atoms with Crippen molar-refractivity contribution in [1.29, 1.82) is 0 Å². The maximum absolute atomic E-state index is 12.7. The van der Waals surface area contributed by atoms with E-state index in [0.717, 1.165) is 18.7 Å². The molecule has 2 aromatic carbocycles. The molecule has 7 nitrogen and oxygen atoms in total. The van der Waals surface area contributed by atoms with Gasteiger partial charge in [-0.25, -0.2) is 4.98 Å². The standard InChI is InChI=1S/C20H19N3O4/c1-26-13-6-8-15(17(11-13)27-2)22-19(24)12-5-7-14-16(10-12)21-18-4-3-9-23(18)20(14)25/h5-8,10-11H,3-4,9H2,1-2H3,(H,22,24). The van der Waals surface area contributed by atoms with Crippen LogP contribution in [0.1, 0.15) is 22.6 Å². The molecule has 27 heavy (non-hydrogen) atoms. The molecule has 0 spiro atoms. The highest BCUT2D eigenvalue weighted by atomic mass is 16.5. The summed E-state index contributed by atoms with van der Waals surface area (Å²) in [4.78, 5) is 29.8. The molecule has 138 valence electrons. The van der Waals surface area contributed by atoms with E-state index in [-0.39, 0.29) is 11.5 Å². The second-order valence-corrected chi connectivity index (χ2v) is 6.34. The molecule has 0 saturated heterocycles. The molecule has 0 saturated carbocycles. The summed E-state index contributed by atoms with van der Waals surface area (Å²) in [6, 6.07) is 10.1. The lowest BCUT2D eigenvalue weighted by atomic mass is 10.1. The number of carbonyl (C=O) groups excluding carboxylic acids is 1. The molecule has 4 rings (SSSR count). The van der Waals surface area contributed by atoms with E-state index in [0.29, 0.717) is 40.2 Å². The molecule has 3 aromatic rings. The highest BCUT2D eigenvalue weighted by Gasteiger charge is 2.17. The minimum Gasteiger partial charge on any atom is -0.497 e. The number of carbonyl (C=O) groups is 1. The first kappa shape index (κ1) is 17.1. The van der Waals surface area contributed by atoms with Gasteiger partial charge in [-0.05, 0) is 36.8 Å². The molecule has 0 radical (unpaired) electrons. The van der Waals surface area contributed by atoms with Crippen LogP contribution in [0.5, 0.6) is 11.5 Å². The fraction of sp³-hybridized carbons (Fsp3) is 0.250. The zero-order valence-electron chi connectivity index (χ0n) is 15.1. The van der Waals surface area contributed by atoms with E-state index in [1.165, 1.54) is 7.11 Å². The number of benzene rings is 2. The first-order valence-electron chi connectivity index (χ1n) is 8.67. The predicted octanol–water partition coefficient (Wildman–Crippen LogP) is 2.61. The highest BCUT2D eigenvalue weighted by Crippen LogP contribution is 2.29. The molecule has 1 aliphatic rings. The normalized spacial score (nSPS) is 12.7. The number of aryl methyl sites for hydroxylation is 1. The van der Waals surface area contributed by atoms with Crippen molar-refractivity contribution in [3.63, 3.8) is 0 Å². The summed E-state index contributed by atoms with van der Waals surface area (Å²) >= 11 is 0. The zero-order chi connectivity index (χ0) is 19.0. The van der Waals surface area contributed by atoms with Gasteiger partial charge in [0.2, 0.25) is 0 Å². The van der Waals surface area contributed by atoms with Crippen molar-refractivity contribution in [3.05, 3.63) is 58.1 Å². The molecule has 0 atom stereocenters. The number of nitrogens with one attached hydrogen (secondary N) is 1. The van der Waals surface area contributed by atoms with Crippen LogP contribution < -0.4 is 20.3 Å². The van der Waals surface area contributed by atoms with Gasteiger partial charge >= 0.3 is 0 Å². The maximum atomic E-state index is 12.7. The number of rotatable bonds is 4. The second-order valence-electron chi connectivity index (χ2n) is 6.34. The van der Waals surface area contributed by atoms with Gasteiger partial charge in [0.1, 0.15) is 17.3 Å². The Morgan fingerprint density at radius 2 is 2.00 bits per heavy atom. The van der Waals surface area contributed by atoms with Crippen LogP contribution in [0.2, 0.25) is 0 Å². The van der Waals surface area contributed by atoms with Gasteiger partial charge in [0, 0.05) is 24.6 Å². The lowest BCUT2D eigenvalue weighted by Gasteiger charge is -2.12. The quantitative estimate of drug-likeness (QED) is 0.768. The van der Waals surface area contributed by atoms with Gasteiger partial charge in [-0.3, -0.25) is 14.2 Å². The van der Waals surface area contributed by atoms with Crippen molar-refractivity contribution in [3.8, 4) is 11.5 Å². The molecule has 0 bridgehead atoms. The number of amides is 1. The van der Waals surface area contributed by atoms with E-state index in [2.05, 4.69) is 10.3 Å². The van der Waals surface area contributed by atoms with Crippen molar-refractivity contribution in [1.82, 2.24) is 9.55 Å². The highest BCUT2D eigenvalue weighted by molar-refractivity contribution is 6.06. The van der Waals surface area contributed by atoms with Crippen LogP contribution in [-0.4, -0.2) is 29.7 Å². The summed E-state index contributed by atoms with van der Waals surface area (Å²) < 4.78 is 12.2. The third-order valence-electron chi connectivity index (χ3n) is 4.74. The Morgan fingerprint density at radius 1 is 1.15 bits per heavy atom. The number of aromatic nitrogens is 2. The Morgan fingerprint density at radius 3 is 2.78 bits per heavy atom. The number of methoxy groups -OCH3 is 2. The summed E-state index contributed by atoms with van der Waals surface area (Å²) in [6.07, 6.45) is 1.70. The molecular formula is C20H19N3O4. The average molecular weight is 365 g/mol. The number of hydrogen-bond acceptors (Lipinski definition) is 5. The van der Waals surface area contributed by atoms with Crippen molar-refractivity contribution in [2.24, 2.45) is 0 Å². The molecule has 7 heteroatoms. The Bertz CT molecular complexity index is 1100. The van der Waals surface area contributed by atoms with Gasteiger partial charge < -0.3 is 14.8 Å². The van der Waals surface area contributed by atoms with E-state index in [4.69, 9.17) is 9.47 Å². The lowest BCUT2D eigenvalue weighted by molar-refractivity contribution is 0.102. The molecule has 1 amide bonds. The number of nitrogens with zero attached hydrogens (tertiary/aromatic N) is 2. The Balaban J connectivity index is 1.67. The number of hydrogen-bond donors (Lipinski definition) is 1. The van der Waals surface area contributed by atoms with Crippen LogP contribution >= 0.6 is 0 Å². The number of anilines is 1. The van der Waals surface area contributed by atoms with Gasteiger partial charge in [0.05, 0.1) is 30.8 Å². The third-order valence-corrected chi connectivity index (χ3v) is 4.74. The molecular weight excluding hydrogens is 346 g/mol. The number of ether oxygens (including phenoxy) is 2. The smallest absolute Gasteiger partial charge is 0.261 e. The second kappa shape index (κ2) is 6.75. The molecule has 1 aliphatic heterocycles. The van der Waals surface area contributed by atoms with Crippen molar-refractivity contribution in [2.75, 3.05) is 19.5 Å². The van der Waals surface area contributed by atoms with Gasteiger partial charge in [0.15, 0.2) is 0 Å². The average Bonchev–Trinajstić information content (AvgIpc) is 3.16. The van der Waals surface area contributed by atoms with Crippen molar-refractivity contribution < 1.29 is 14.3 Å². The fourth-order valence-electron chi connectivity index (χ4n) is 3.32. The van der Waals surface area contributed by atoms with Crippen LogP contribution in [0.25, 0.3) is 10.9 Å². The summed E-state index contributed by atoms with van der Waals surface area (Å²) in [6.45, 7) is 0.705. The molecule has 2 heterocycles. The minimum atomic E-state index is -0.303. The number of fused-ring (bicyclic) bond motifs is 2. The maximum Gasteiger partial charge on any atom is 0.261 e. The van der Waals surface area contributed by atoms with Crippen LogP contribution in [-0.2, 0) is 13.0 Å². The first-order valence-corrected chi connectivity index (χ1v) is 8.67. The minimum absolute atomic E-state index is 0.0451. The Kier molecular flexibility index (Phi) is 4.27. The summed E-state index contributed by atoms with van der Waals surface area (Å²) in [7, 11) is 3.09. The van der Waals surface area contributed by atoms with Gasteiger partial charge in [0.25, 0.3) is 11.5 Å². The lowest BCUT2D eigenvalue weighted by Crippen LogP contribution is -2.21. The monoisotopic (exact) mass is 365 g/mol. The van der Waals surface area contributed by atoms with Gasteiger partial charge in [-0.1, -0.05) is 0 Å². The van der Waals surface area contributed by atoms with E-state index in [1.807, 2.05) is 0 Å². The Hall–Kier alpha value is -3.35. The largest absolute Gasteiger partial charge is 0.497 e. The van der Waals surface area contributed by atoms with Gasteiger partial charge in [-0.15, -0.1) is 0 Å². The van der Waals surface area contributed by atoms with Crippen LogP contribution in [0.15, 0.2) is 41.2 Å². The molecule has 1 N–H and O–H groups in total. The summed E-state index contributed by atoms with van der Waals surface area (Å²) in [5.41, 5.74) is 1.46. The van der Waals surface area contributed by atoms with Crippen LogP contribution in [0.3, 0.4) is 0 Å². The van der Waals surface area contributed by atoms with E-state index < -0.39 is 0 Å². The van der Waals surface area contributed by atoms with Crippen molar-refractivity contribution in [2.45, 2.75) is 19.4 Å². The van der Waals surface area contributed by atoms with E-state index in [1.54, 1.807) is 48.1 Å². The molecule has 0 fully saturated rings. The molecule has 0 aliphatic carbocycles. The molecule has 1 aromatic heterocycles. The van der Waals surface area contributed by atoms with Crippen LogP contribution in [0, 0.1) is 0 Å². The zero-order valence-corrected chi connectivity index (χ0v) is 15.1. The third kappa shape index (κ3) is 3.01. The van der Waals surface area contributed by atoms with E-state index >= 15 is 0 Å². The van der Waals surface area contributed by atoms with Crippen LogP contribution in [0.4, 0.5) is 5.69 Å². The summed E-state index contributed by atoms with van der Waals surface area (Å²) in [5, 5.41) is 3.36. The fourth-order valence-corrected chi connectivity index (χ4v) is 3.32. The first-order chi connectivity index (χ1) is 13.1. The predicted molar refractivity (Wildman–Crippen MR) is 102 cm³/mol. The van der Waals surface area contributed by atoms with E-state index in [9.17, 15) is 9.59 Å². The SMILES string of the molecule is COc1ccc(NC(=O)c2ccc3c(=O)n4c(nc3c2)CCC4)c(OC)c1. The van der Waals surface area contributed by atoms with Crippen molar-refractivity contribution >= 4 is 22.5 Å². The molecule has 0 unspecified atom stereocenters. The topological polar surface area (TPSA) is 82.5 Å². The summed E-state index contributed by atoms with van der Waals surface area (Å²) in [5.74, 6) is 1.61. The Labute approximate surface area is 155 Å². The van der Waals surface area contributed by atoms with Gasteiger partial charge in [-0.2, -0.15) is 0 Å².